The Morgan fingerprint density at radius 1 is 1.33 bits per heavy atom. The fraction of sp³-hybridized carbons (Fsp3) is 0.273. The number of nitrogens with one attached hydrogen (secondary N) is 2. The highest BCUT2D eigenvalue weighted by molar-refractivity contribution is 7.89. The van der Waals surface area contributed by atoms with Crippen molar-refractivity contribution >= 4 is 39.3 Å². The molecule has 0 aliphatic carbocycles. The molecule has 116 valence electrons. The molecule has 2 amide bonds. The van der Waals surface area contributed by atoms with Crippen molar-refractivity contribution in [3.63, 3.8) is 0 Å². The van der Waals surface area contributed by atoms with Crippen LogP contribution in [-0.4, -0.2) is 37.8 Å². The van der Waals surface area contributed by atoms with E-state index in [1.165, 1.54) is 18.2 Å². The summed E-state index contributed by atoms with van der Waals surface area (Å²) in [6.07, 6.45) is 0.146. The van der Waals surface area contributed by atoms with Crippen molar-refractivity contribution in [1.82, 2.24) is 5.32 Å². The van der Waals surface area contributed by atoms with Crippen molar-refractivity contribution in [2.45, 2.75) is 6.42 Å². The number of aromatic carboxylic acids is 1. The lowest BCUT2D eigenvalue weighted by Crippen LogP contribution is -2.31. The van der Waals surface area contributed by atoms with E-state index in [1.54, 1.807) is 0 Å². The fourth-order valence-electron chi connectivity index (χ4n) is 1.45. The van der Waals surface area contributed by atoms with Gasteiger partial charge in [-0.05, 0) is 24.6 Å². The molecule has 0 bridgehead atoms. The monoisotopic (exact) mass is 335 g/mol. The van der Waals surface area contributed by atoms with E-state index in [0.29, 0.717) is 0 Å². The van der Waals surface area contributed by atoms with E-state index in [4.69, 9.17) is 21.8 Å². The van der Waals surface area contributed by atoms with Crippen molar-refractivity contribution in [1.29, 1.82) is 0 Å². The minimum atomic E-state index is -3.57. The minimum Gasteiger partial charge on any atom is -0.478 e. The molecular weight excluding hydrogens is 322 g/mol. The van der Waals surface area contributed by atoms with E-state index in [-0.39, 0.29) is 35.0 Å². The Hall–Kier alpha value is -1.84. The highest BCUT2D eigenvalue weighted by Gasteiger charge is 2.13. The van der Waals surface area contributed by atoms with Gasteiger partial charge in [0.25, 0.3) is 0 Å². The Bertz CT molecular complexity index is 647. The second-order valence-electron chi connectivity index (χ2n) is 4.10. The second-order valence-corrected chi connectivity index (χ2v) is 6.27. The number of nitrogens with two attached hydrogens (primary N) is 1. The molecule has 1 rings (SSSR count). The summed E-state index contributed by atoms with van der Waals surface area (Å²) in [5.41, 5.74) is -0.0713. The summed E-state index contributed by atoms with van der Waals surface area (Å²) in [5, 5.41) is 18.8. The summed E-state index contributed by atoms with van der Waals surface area (Å²) in [6.45, 7) is 0.0746. The van der Waals surface area contributed by atoms with E-state index < -0.39 is 22.0 Å². The standard InChI is InChI=1S/C11H14ClN3O5S/c12-7-2-3-8(10(16)17)9(6-7)15-11(18)14-4-1-5-21(13,19)20/h2-3,6H,1,4-5H2,(H,16,17)(H2,13,19,20)(H2,14,15,18). The van der Waals surface area contributed by atoms with Gasteiger partial charge in [-0.25, -0.2) is 23.1 Å². The van der Waals surface area contributed by atoms with Crippen LogP contribution in [0.2, 0.25) is 5.02 Å². The number of carboxylic acid groups (broad SMARTS) is 1. The van der Waals surface area contributed by atoms with Gasteiger partial charge in [-0.1, -0.05) is 11.6 Å². The number of amides is 2. The van der Waals surface area contributed by atoms with Crippen molar-refractivity contribution in [2.75, 3.05) is 17.6 Å². The summed E-state index contributed by atoms with van der Waals surface area (Å²) >= 11 is 5.74. The first kappa shape index (κ1) is 17.2. The van der Waals surface area contributed by atoms with Gasteiger partial charge >= 0.3 is 12.0 Å². The number of rotatable bonds is 6. The lowest BCUT2D eigenvalue weighted by atomic mass is 10.2. The number of carboxylic acids is 1. The number of primary sulfonamides is 1. The molecule has 0 aliphatic rings. The maximum Gasteiger partial charge on any atom is 0.337 e. The molecule has 1 aromatic carbocycles. The Labute approximate surface area is 126 Å². The van der Waals surface area contributed by atoms with E-state index >= 15 is 0 Å². The quantitative estimate of drug-likeness (QED) is 0.570. The van der Waals surface area contributed by atoms with Crippen molar-refractivity contribution in [3.8, 4) is 0 Å². The third kappa shape index (κ3) is 6.43. The number of carbonyl (C=O) groups excluding carboxylic acids is 1. The maximum atomic E-state index is 11.6. The number of benzene rings is 1. The lowest BCUT2D eigenvalue weighted by molar-refractivity contribution is 0.0698. The Kier molecular flexibility index (Phi) is 5.94. The van der Waals surface area contributed by atoms with Crippen LogP contribution in [0.3, 0.4) is 0 Å². The average molecular weight is 336 g/mol. The van der Waals surface area contributed by atoms with Gasteiger partial charge in [0, 0.05) is 11.6 Å². The molecular formula is C11H14ClN3O5S. The first-order valence-electron chi connectivity index (χ1n) is 5.77. The SMILES string of the molecule is NS(=O)(=O)CCCNC(=O)Nc1cc(Cl)ccc1C(=O)O. The van der Waals surface area contributed by atoms with Crippen molar-refractivity contribution in [3.05, 3.63) is 28.8 Å². The molecule has 0 aromatic heterocycles. The molecule has 8 nitrogen and oxygen atoms in total. The van der Waals surface area contributed by atoms with Gasteiger partial charge in [0.15, 0.2) is 0 Å². The lowest BCUT2D eigenvalue weighted by Gasteiger charge is -2.10. The number of anilines is 1. The molecule has 0 fully saturated rings. The summed E-state index contributed by atoms with van der Waals surface area (Å²) < 4.78 is 21.4. The van der Waals surface area contributed by atoms with E-state index in [0.717, 1.165) is 0 Å². The molecule has 0 atom stereocenters. The largest absolute Gasteiger partial charge is 0.478 e. The number of carbonyl (C=O) groups is 2. The number of sulfonamides is 1. The van der Waals surface area contributed by atoms with Crippen LogP contribution in [0, 0.1) is 0 Å². The summed E-state index contributed by atoms with van der Waals surface area (Å²) in [5.74, 6) is -1.47. The number of halogens is 1. The third-order valence-electron chi connectivity index (χ3n) is 2.35. The molecule has 21 heavy (non-hydrogen) atoms. The molecule has 0 unspecified atom stereocenters. The molecule has 0 spiro atoms. The highest BCUT2D eigenvalue weighted by atomic mass is 35.5. The van der Waals surface area contributed by atoms with Crippen LogP contribution >= 0.6 is 11.6 Å². The van der Waals surface area contributed by atoms with E-state index in [2.05, 4.69) is 10.6 Å². The maximum absolute atomic E-state index is 11.6. The molecule has 0 radical (unpaired) electrons. The van der Waals surface area contributed by atoms with E-state index in [1.807, 2.05) is 0 Å². The summed E-state index contributed by atoms with van der Waals surface area (Å²) in [7, 11) is -3.57. The Morgan fingerprint density at radius 2 is 2.00 bits per heavy atom. The first-order valence-corrected chi connectivity index (χ1v) is 7.86. The van der Waals surface area contributed by atoms with Gasteiger partial charge in [0.2, 0.25) is 10.0 Å². The Morgan fingerprint density at radius 3 is 2.57 bits per heavy atom. The topological polar surface area (TPSA) is 139 Å². The number of urea groups is 1. The molecule has 0 saturated heterocycles. The summed E-state index contributed by atoms with van der Waals surface area (Å²) in [4.78, 5) is 22.6. The van der Waals surface area contributed by atoms with Gasteiger partial charge in [0.05, 0.1) is 17.0 Å². The van der Waals surface area contributed by atoms with Gasteiger partial charge in [-0.2, -0.15) is 0 Å². The zero-order chi connectivity index (χ0) is 16.0. The van der Waals surface area contributed by atoms with Crippen LogP contribution in [0.1, 0.15) is 16.8 Å². The van der Waals surface area contributed by atoms with Gasteiger partial charge in [-0.3, -0.25) is 0 Å². The van der Waals surface area contributed by atoms with Crippen molar-refractivity contribution in [2.24, 2.45) is 5.14 Å². The predicted octanol–water partition coefficient (Wildman–Crippen LogP) is 0.838. The van der Waals surface area contributed by atoms with Crippen LogP contribution in [0.5, 0.6) is 0 Å². The number of hydrogen-bond donors (Lipinski definition) is 4. The predicted molar refractivity (Wildman–Crippen MR) is 78.0 cm³/mol. The first-order chi connectivity index (χ1) is 9.69. The van der Waals surface area contributed by atoms with Crippen LogP contribution in [-0.2, 0) is 10.0 Å². The molecule has 5 N–H and O–H groups in total. The van der Waals surface area contributed by atoms with Crippen LogP contribution in [0.15, 0.2) is 18.2 Å². The van der Waals surface area contributed by atoms with Crippen LogP contribution in [0.25, 0.3) is 0 Å². The second kappa shape index (κ2) is 7.25. The smallest absolute Gasteiger partial charge is 0.337 e. The third-order valence-corrected chi connectivity index (χ3v) is 3.44. The minimum absolute atomic E-state index is 0.0407. The van der Waals surface area contributed by atoms with Gasteiger partial charge < -0.3 is 15.7 Å². The molecule has 0 aliphatic heterocycles. The van der Waals surface area contributed by atoms with Crippen LogP contribution < -0.4 is 15.8 Å². The molecule has 10 heteroatoms. The van der Waals surface area contributed by atoms with Gasteiger partial charge in [-0.15, -0.1) is 0 Å². The molecule has 0 heterocycles. The summed E-state index contributed by atoms with van der Waals surface area (Å²) in [6, 6.07) is 3.28. The highest BCUT2D eigenvalue weighted by Crippen LogP contribution is 2.21. The zero-order valence-corrected chi connectivity index (χ0v) is 12.4. The molecule has 1 aromatic rings. The Balaban J connectivity index is 2.59. The van der Waals surface area contributed by atoms with Crippen molar-refractivity contribution < 1.29 is 23.1 Å². The number of hydrogen-bond acceptors (Lipinski definition) is 4. The zero-order valence-electron chi connectivity index (χ0n) is 10.8. The van der Waals surface area contributed by atoms with Gasteiger partial charge in [0.1, 0.15) is 0 Å². The van der Waals surface area contributed by atoms with E-state index in [9.17, 15) is 18.0 Å². The fourth-order valence-corrected chi connectivity index (χ4v) is 2.17. The van der Waals surface area contributed by atoms with Crippen LogP contribution in [0.4, 0.5) is 10.5 Å². The molecule has 0 saturated carbocycles. The normalized spacial score (nSPS) is 11.0. The average Bonchev–Trinajstić information content (AvgIpc) is 2.33.